The summed E-state index contributed by atoms with van der Waals surface area (Å²) in [6.07, 6.45) is 0. The lowest BCUT2D eigenvalue weighted by molar-refractivity contribution is -0.385. The van der Waals surface area contributed by atoms with Gasteiger partial charge >= 0.3 is 5.69 Å². The Bertz CT molecular complexity index is 881. The number of nitrogens with one attached hydrogen (secondary N) is 2. The van der Waals surface area contributed by atoms with Crippen LogP contribution in [-0.2, 0) is 4.79 Å². The molecule has 0 unspecified atom stereocenters. The topological polar surface area (TPSA) is 120 Å². The average molecular weight is 373 g/mol. The van der Waals surface area contributed by atoms with E-state index in [1.807, 2.05) is 26.0 Å². The maximum atomic E-state index is 12.1. The molecule has 0 heterocycles. The SMILES string of the molecule is COc1ccc(C(=O)NNC(=O)COc2cc(C)ccc2C)cc1[N+](=O)[O-]. The summed E-state index contributed by atoms with van der Waals surface area (Å²) in [6, 6.07) is 9.32. The van der Waals surface area contributed by atoms with Crippen molar-refractivity contribution in [3.63, 3.8) is 0 Å². The van der Waals surface area contributed by atoms with Gasteiger partial charge in [0.1, 0.15) is 5.75 Å². The molecule has 9 nitrogen and oxygen atoms in total. The summed E-state index contributed by atoms with van der Waals surface area (Å²) < 4.78 is 10.3. The van der Waals surface area contributed by atoms with Gasteiger partial charge in [0, 0.05) is 11.6 Å². The monoisotopic (exact) mass is 373 g/mol. The number of nitro groups is 1. The van der Waals surface area contributed by atoms with E-state index in [1.54, 1.807) is 6.07 Å². The number of nitrogens with zero attached hydrogens (tertiary/aromatic N) is 1. The van der Waals surface area contributed by atoms with Gasteiger partial charge in [-0.25, -0.2) is 0 Å². The van der Waals surface area contributed by atoms with Crippen molar-refractivity contribution >= 4 is 17.5 Å². The van der Waals surface area contributed by atoms with Crippen LogP contribution >= 0.6 is 0 Å². The fourth-order valence-electron chi connectivity index (χ4n) is 2.21. The molecule has 0 bridgehead atoms. The van der Waals surface area contributed by atoms with E-state index in [0.717, 1.165) is 17.2 Å². The summed E-state index contributed by atoms with van der Waals surface area (Å²) in [5.41, 5.74) is 5.90. The molecule has 0 aromatic heterocycles. The van der Waals surface area contributed by atoms with Crippen LogP contribution in [0.4, 0.5) is 5.69 Å². The summed E-state index contributed by atoms with van der Waals surface area (Å²) >= 11 is 0. The van der Waals surface area contributed by atoms with Crippen molar-refractivity contribution < 1.29 is 24.0 Å². The normalized spacial score (nSPS) is 10.0. The molecule has 2 N–H and O–H groups in total. The molecule has 0 spiro atoms. The summed E-state index contributed by atoms with van der Waals surface area (Å²) in [7, 11) is 1.29. The number of ether oxygens (including phenoxy) is 2. The number of hydrogen-bond donors (Lipinski definition) is 2. The first kappa shape index (κ1) is 19.7. The fourth-order valence-corrected chi connectivity index (χ4v) is 2.21. The number of methoxy groups -OCH3 is 1. The van der Waals surface area contributed by atoms with E-state index in [-0.39, 0.29) is 23.6 Å². The Morgan fingerprint density at radius 1 is 1.07 bits per heavy atom. The van der Waals surface area contributed by atoms with Crippen LogP contribution in [0.3, 0.4) is 0 Å². The standard InChI is InChI=1S/C18H19N3O6/c1-11-4-5-12(2)16(8-11)27-10-17(22)19-20-18(23)13-6-7-15(26-3)14(9-13)21(24)25/h4-9H,10H2,1-3H3,(H,19,22)(H,20,23). The van der Waals surface area contributed by atoms with E-state index in [9.17, 15) is 19.7 Å². The number of hydrogen-bond acceptors (Lipinski definition) is 6. The highest BCUT2D eigenvalue weighted by molar-refractivity contribution is 5.96. The molecule has 9 heteroatoms. The Labute approximate surface area is 155 Å². The van der Waals surface area contributed by atoms with Gasteiger partial charge in [-0.3, -0.25) is 30.6 Å². The van der Waals surface area contributed by atoms with Crippen molar-refractivity contribution in [3.8, 4) is 11.5 Å². The minimum Gasteiger partial charge on any atom is -0.490 e. The van der Waals surface area contributed by atoms with Crippen LogP contribution < -0.4 is 20.3 Å². The Morgan fingerprint density at radius 3 is 2.48 bits per heavy atom. The van der Waals surface area contributed by atoms with Crippen LogP contribution in [0.1, 0.15) is 21.5 Å². The maximum absolute atomic E-state index is 12.1. The molecular weight excluding hydrogens is 354 g/mol. The maximum Gasteiger partial charge on any atom is 0.311 e. The first-order valence-corrected chi connectivity index (χ1v) is 7.93. The molecule has 0 aliphatic rings. The van der Waals surface area contributed by atoms with Crippen molar-refractivity contribution in [3.05, 3.63) is 63.2 Å². The van der Waals surface area contributed by atoms with Gasteiger partial charge in [-0.15, -0.1) is 0 Å². The Kier molecular flexibility index (Phi) is 6.32. The Morgan fingerprint density at radius 2 is 1.81 bits per heavy atom. The Hall–Kier alpha value is -3.62. The molecule has 0 radical (unpaired) electrons. The third-order valence-corrected chi connectivity index (χ3v) is 3.66. The number of amides is 2. The minimum absolute atomic E-state index is 0.00162. The lowest BCUT2D eigenvalue weighted by Crippen LogP contribution is -2.43. The number of aryl methyl sites for hydroxylation is 2. The lowest BCUT2D eigenvalue weighted by atomic mass is 10.1. The molecule has 0 atom stereocenters. The molecule has 142 valence electrons. The largest absolute Gasteiger partial charge is 0.490 e. The van der Waals surface area contributed by atoms with E-state index >= 15 is 0 Å². The van der Waals surface area contributed by atoms with Crippen molar-refractivity contribution in [1.29, 1.82) is 0 Å². The van der Waals surface area contributed by atoms with E-state index in [4.69, 9.17) is 9.47 Å². The smallest absolute Gasteiger partial charge is 0.311 e. The summed E-state index contributed by atoms with van der Waals surface area (Å²) in [4.78, 5) is 34.3. The van der Waals surface area contributed by atoms with Gasteiger partial charge in [0.2, 0.25) is 0 Å². The van der Waals surface area contributed by atoms with Crippen molar-refractivity contribution in [1.82, 2.24) is 10.9 Å². The van der Waals surface area contributed by atoms with Crippen LogP contribution in [0.25, 0.3) is 0 Å². The number of nitro benzene ring substituents is 1. The molecule has 2 aromatic rings. The second-order valence-electron chi connectivity index (χ2n) is 5.70. The van der Waals surface area contributed by atoms with Gasteiger partial charge in [-0.1, -0.05) is 12.1 Å². The number of carbonyl (C=O) groups is 2. The molecule has 2 aromatic carbocycles. The highest BCUT2D eigenvalue weighted by Crippen LogP contribution is 2.27. The second-order valence-corrected chi connectivity index (χ2v) is 5.70. The van der Waals surface area contributed by atoms with Crippen molar-refractivity contribution in [2.24, 2.45) is 0 Å². The third kappa shape index (κ3) is 5.18. The molecule has 2 amide bonds. The minimum atomic E-state index is -0.708. The zero-order valence-electron chi connectivity index (χ0n) is 15.1. The molecule has 0 aliphatic carbocycles. The van der Waals surface area contributed by atoms with Gasteiger partial charge in [-0.05, 0) is 43.2 Å². The molecule has 2 rings (SSSR count). The number of rotatable bonds is 6. The zero-order chi connectivity index (χ0) is 20.0. The zero-order valence-corrected chi connectivity index (χ0v) is 15.1. The summed E-state index contributed by atoms with van der Waals surface area (Å²) in [5.74, 6) is -0.683. The van der Waals surface area contributed by atoms with Crippen LogP contribution in [0, 0.1) is 24.0 Å². The molecule has 0 aliphatic heterocycles. The van der Waals surface area contributed by atoms with Gasteiger partial charge < -0.3 is 9.47 Å². The lowest BCUT2D eigenvalue weighted by Gasteiger charge is -2.11. The highest BCUT2D eigenvalue weighted by Gasteiger charge is 2.18. The first-order valence-electron chi connectivity index (χ1n) is 7.93. The molecule has 27 heavy (non-hydrogen) atoms. The average Bonchev–Trinajstić information content (AvgIpc) is 2.66. The van der Waals surface area contributed by atoms with Crippen LogP contribution in [0.5, 0.6) is 11.5 Å². The van der Waals surface area contributed by atoms with Crippen molar-refractivity contribution in [2.45, 2.75) is 13.8 Å². The highest BCUT2D eigenvalue weighted by atomic mass is 16.6. The number of benzene rings is 2. The fraction of sp³-hybridized carbons (Fsp3) is 0.222. The van der Waals surface area contributed by atoms with Gasteiger partial charge in [-0.2, -0.15) is 0 Å². The molecule has 0 saturated carbocycles. The predicted octanol–water partition coefficient (Wildman–Crippen LogP) is 2.06. The van der Waals surface area contributed by atoms with Gasteiger partial charge in [0.05, 0.1) is 12.0 Å². The first-order chi connectivity index (χ1) is 12.8. The van der Waals surface area contributed by atoms with Crippen LogP contribution in [0.15, 0.2) is 36.4 Å². The summed E-state index contributed by atoms with van der Waals surface area (Å²) in [5, 5.41) is 11.0. The van der Waals surface area contributed by atoms with E-state index in [1.165, 1.54) is 19.2 Å². The van der Waals surface area contributed by atoms with E-state index in [2.05, 4.69) is 10.9 Å². The van der Waals surface area contributed by atoms with Crippen molar-refractivity contribution in [2.75, 3.05) is 13.7 Å². The molecule has 0 saturated heterocycles. The van der Waals surface area contributed by atoms with E-state index in [0.29, 0.717) is 5.75 Å². The number of hydrazine groups is 1. The molecule has 0 fully saturated rings. The molecular formula is C18H19N3O6. The second kappa shape index (κ2) is 8.65. The third-order valence-electron chi connectivity index (χ3n) is 3.66. The van der Waals surface area contributed by atoms with Gasteiger partial charge in [0.25, 0.3) is 11.8 Å². The van der Waals surface area contributed by atoms with Crippen LogP contribution in [0.2, 0.25) is 0 Å². The number of carbonyl (C=O) groups excluding carboxylic acids is 2. The van der Waals surface area contributed by atoms with Gasteiger partial charge in [0.15, 0.2) is 12.4 Å². The predicted molar refractivity (Wildman–Crippen MR) is 96.7 cm³/mol. The Balaban J connectivity index is 1.93. The van der Waals surface area contributed by atoms with Crippen LogP contribution in [-0.4, -0.2) is 30.5 Å². The van der Waals surface area contributed by atoms with E-state index < -0.39 is 16.7 Å². The quantitative estimate of drug-likeness (QED) is 0.591. The summed E-state index contributed by atoms with van der Waals surface area (Å²) in [6.45, 7) is 3.46.